The number of alkyl carbamates (subject to hydrolysis) is 1. The number of esters is 1. The Morgan fingerprint density at radius 1 is 0.794 bits per heavy atom. The van der Waals surface area contributed by atoms with Gasteiger partial charge in [0.2, 0.25) is 5.91 Å². The van der Waals surface area contributed by atoms with Gasteiger partial charge in [0.25, 0.3) is 0 Å². The number of carbonyl (C=O) groups is 4. The Labute approximate surface area is 200 Å². The van der Waals surface area contributed by atoms with Gasteiger partial charge in [-0.2, -0.15) is 0 Å². The summed E-state index contributed by atoms with van der Waals surface area (Å²) in [5.41, 5.74) is 0.902. The number of hydrogen-bond donors (Lipinski definition) is 2. The average Bonchev–Trinajstić information content (AvgIpc) is 2.77. The number of Topliss-reactive ketones (excluding diaryl/α,β-unsaturated/α-hetero) is 1. The molecular weight excluding hydrogens is 436 g/mol. The lowest BCUT2D eigenvalue weighted by molar-refractivity contribution is -0.145. The maximum atomic E-state index is 13.0. The molecule has 34 heavy (non-hydrogen) atoms. The first-order chi connectivity index (χ1) is 16.1. The van der Waals surface area contributed by atoms with Crippen LogP contribution in [0.4, 0.5) is 4.79 Å². The van der Waals surface area contributed by atoms with Crippen molar-refractivity contribution in [3.8, 4) is 0 Å². The summed E-state index contributed by atoms with van der Waals surface area (Å²) >= 11 is 0. The molecule has 2 N–H and O–H groups in total. The van der Waals surface area contributed by atoms with E-state index in [0.29, 0.717) is 0 Å². The lowest BCUT2D eigenvalue weighted by Gasteiger charge is -2.23. The van der Waals surface area contributed by atoms with Crippen LogP contribution in [-0.2, 0) is 36.7 Å². The molecule has 8 nitrogen and oxygen atoms in total. The molecule has 2 aromatic carbocycles. The first kappa shape index (κ1) is 26.6. The number of carbonyl (C=O) groups excluding carboxylic acids is 4. The van der Waals surface area contributed by atoms with E-state index < -0.39 is 47.9 Å². The van der Waals surface area contributed by atoms with E-state index in [9.17, 15) is 19.2 Å². The van der Waals surface area contributed by atoms with Crippen LogP contribution in [0.15, 0.2) is 60.7 Å². The largest absolute Gasteiger partial charge is 0.467 e. The quantitative estimate of drug-likeness (QED) is 0.410. The van der Waals surface area contributed by atoms with Gasteiger partial charge in [-0.05, 0) is 38.3 Å². The Morgan fingerprint density at radius 2 is 1.29 bits per heavy atom. The van der Waals surface area contributed by atoms with Crippen LogP contribution in [0.3, 0.4) is 0 Å². The predicted octanol–water partition coefficient (Wildman–Crippen LogP) is 2.98. The number of nitrogens with one attached hydrogen (secondary N) is 2. The highest BCUT2D eigenvalue weighted by Gasteiger charge is 2.28. The average molecular weight is 469 g/mol. The lowest BCUT2D eigenvalue weighted by Crippen LogP contribution is -2.48. The maximum Gasteiger partial charge on any atom is 0.408 e. The zero-order valence-corrected chi connectivity index (χ0v) is 20.0. The monoisotopic (exact) mass is 468 g/mol. The second kappa shape index (κ2) is 12.5. The Kier molecular flexibility index (Phi) is 9.79. The number of methoxy groups -OCH3 is 1. The minimum absolute atomic E-state index is 0.191. The molecule has 2 aromatic rings. The van der Waals surface area contributed by atoms with Crippen molar-refractivity contribution in [1.29, 1.82) is 0 Å². The molecule has 0 saturated carbocycles. The molecular formula is C26H32N2O6. The molecule has 0 heterocycles. The van der Waals surface area contributed by atoms with Crippen molar-refractivity contribution in [2.75, 3.05) is 7.11 Å². The molecule has 0 bridgehead atoms. The van der Waals surface area contributed by atoms with E-state index >= 15 is 0 Å². The molecule has 0 radical (unpaired) electrons. The summed E-state index contributed by atoms with van der Waals surface area (Å²) < 4.78 is 10.1. The van der Waals surface area contributed by atoms with Gasteiger partial charge in [-0.3, -0.25) is 9.59 Å². The van der Waals surface area contributed by atoms with Crippen molar-refractivity contribution in [3.05, 3.63) is 71.8 Å². The third kappa shape index (κ3) is 9.44. The molecule has 0 aliphatic heterocycles. The number of benzene rings is 2. The Bertz CT molecular complexity index is 970. The Morgan fingerprint density at radius 3 is 1.76 bits per heavy atom. The van der Waals surface area contributed by atoms with Gasteiger partial charge in [-0.1, -0.05) is 60.7 Å². The van der Waals surface area contributed by atoms with Crippen molar-refractivity contribution >= 4 is 23.8 Å². The number of rotatable bonds is 10. The van der Waals surface area contributed by atoms with Gasteiger partial charge < -0.3 is 20.1 Å². The van der Waals surface area contributed by atoms with Gasteiger partial charge in [0.15, 0.2) is 5.78 Å². The fourth-order valence-electron chi connectivity index (χ4n) is 3.26. The molecule has 2 atom stereocenters. The summed E-state index contributed by atoms with van der Waals surface area (Å²) in [7, 11) is 1.23. The second-order valence-corrected chi connectivity index (χ2v) is 8.86. The zero-order chi connectivity index (χ0) is 25.1. The van der Waals surface area contributed by atoms with E-state index in [1.807, 2.05) is 60.7 Å². The molecule has 2 rings (SSSR count). The Hall–Kier alpha value is -3.68. The fraction of sp³-hybridized carbons (Fsp3) is 0.385. The summed E-state index contributed by atoms with van der Waals surface area (Å²) in [5.74, 6) is -1.76. The first-order valence-corrected chi connectivity index (χ1v) is 11.0. The SMILES string of the molecule is COC(=O)[C@H](Cc1ccccc1)NC(=O)CC(=O)[C@@H](Cc1ccccc1)NC(=O)OC(C)(C)C. The molecule has 0 aliphatic rings. The molecule has 0 fully saturated rings. The van der Waals surface area contributed by atoms with Crippen molar-refractivity contribution in [2.24, 2.45) is 0 Å². The van der Waals surface area contributed by atoms with Crippen LogP contribution >= 0.6 is 0 Å². The standard InChI is InChI=1S/C26H32N2O6/c1-26(2,3)34-25(32)28-20(15-18-11-7-5-8-12-18)22(29)17-23(30)27-21(24(31)33-4)16-19-13-9-6-10-14-19/h5-14,20-21H,15-17H2,1-4H3,(H,27,30)(H,28,32)/t20-,21+/m1/s1. The molecule has 0 saturated heterocycles. The van der Waals surface area contributed by atoms with Crippen molar-refractivity contribution in [3.63, 3.8) is 0 Å². The minimum Gasteiger partial charge on any atom is -0.467 e. The predicted molar refractivity (Wildman–Crippen MR) is 127 cm³/mol. The highest BCUT2D eigenvalue weighted by atomic mass is 16.6. The summed E-state index contributed by atoms with van der Waals surface area (Å²) in [4.78, 5) is 50.2. The normalized spacial score (nSPS) is 12.7. The van der Waals surface area contributed by atoms with Crippen LogP contribution in [0.2, 0.25) is 0 Å². The van der Waals surface area contributed by atoms with Gasteiger partial charge in [-0.15, -0.1) is 0 Å². The second-order valence-electron chi connectivity index (χ2n) is 8.86. The van der Waals surface area contributed by atoms with E-state index in [-0.39, 0.29) is 12.8 Å². The number of hydrogen-bond acceptors (Lipinski definition) is 6. The molecule has 8 heteroatoms. The van der Waals surface area contributed by atoms with Crippen LogP contribution in [0.5, 0.6) is 0 Å². The van der Waals surface area contributed by atoms with Crippen LogP contribution in [0.1, 0.15) is 38.3 Å². The molecule has 182 valence electrons. The van der Waals surface area contributed by atoms with Crippen LogP contribution in [-0.4, -0.2) is 48.5 Å². The van der Waals surface area contributed by atoms with E-state index in [1.54, 1.807) is 20.8 Å². The first-order valence-electron chi connectivity index (χ1n) is 11.0. The smallest absolute Gasteiger partial charge is 0.408 e. The lowest BCUT2D eigenvalue weighted by atomic mass is 10.00. The van der Waals surface area contributed by atoms with Crippen LogP contribution in [0.25, 0.3) is 0 Å². The van der Waals surface area contributed by atoms with E-state index in [0.717, 1.165) is 11.1 Å². The van der Waals surface area contributed by atoms with Crippen molar-refractivity contribution < 1.29 is 28.7 Å². The number of ether oxygens (including phenoxy) is 2. The van der Waals surface area contributed by atoms with Gasteiger partial charge in [0.05, 0.1) is 19.6 Å². The maximum absolute atomic E-state index is 13.0. The summed E-state index contributed by atoms with van der Waals surface area (Å²) in [6, 6.07) is 16.4. The minimum atomic E-state index is -0.978. The van der Waals surface area contributed by atoms with Gasteiger partial charge >= 0.3 is 12.1 Å². The molecule has 2 amide bonds. The summed E-state index contributed by atoms with van der Waals surface area (Å²) in [6.07, 6.45) is -0.859. The summed E-state index contributed by atoms with van der Waals surface area (Å²) in [5, 5.41) is 5.15. The van der Waals surface area contributed by atoms with E-state index in [1.165, 1.54) is 7.11 Å². The van der Waals surface area contributed by atoms with Crippen LogP contribution in [0, 0.1) is 0 Å². The van der Waals surface area contributed by atoms with Gasteiger partial charge in [0, 0.05) is 6.42 Å². The fourth-order valence-corrected chi connectivity index (χ4v) is 3.26. The number of amides is 2. The van der Waals surface area contributed by atoms with Gasteiger partial charge in [-0.25, -0.2) is 9.59 Å². The van der Waals surface area contributed by atoms with Crippen molar-refractivity contribution in [2.45, 2.75) is 57.7 Å². The zero-order valence-electron chi connectivity index (χ0n) is 20.0. The number of ketones is 1. The third-order valence-corrected chi connectivity index (χ3v) is 4.80. The van der Waals surface area contributed by atoms with E-state index in [4.69, 9.17) is 9.47 Å². The third-order valence-electron chi connectivity index (χ3n) is 4.80. The molecule has 0 spiro atoms. The molecule has 0 unspecified atom stereocenters. The van der Waals surface area contributed by atoms with E-state index in [2.05, 4.69) is 10.6 Å². The van der Waals surface area contributed by atoms with Gasteiger partial charge in [0.1, 0.15) is 11.6 Å². The molecule has 0 aliphatic carbocycles. The molecule has 0 aromatic heterocycles. The topological polar surface area (TPSA) is 111 Å². The van der Waals surface area contributed by atoms with Crippen LogP contribution < -0.4 is 10.6 Å². The van der Waals surface area contributed by atoms with Crippen molar-refractivity contribution in [1.82, 2.24) is 10.6 Å². The highest BCUT2D eigenvalue weighted by molar-refractivity contribution is 6.02. The highest BCUT2D eigenvalue weighted by Crippen LogP contribution is 2.11. The Balaban J connectivity index is 2.09. The summed E-state index contributed by atoms with van der Waals surface area (Å²) in [6.45, 7) is 5.15.